The van der Waals surface area contributed by atoms with E-state index >= 15 is 0 Å². The lowest BCUT2D eigenvalue weighted by Gasteiger charge is -2.18. The van der Waals surface area contributed by atoms with Crippen LogP contribution >= 0.6 is 11.3 Å². The summed E-state index contributed by atoms with van der Waals surface area (Å²) >= 11 is 1.80. The quantitative estimate of drug-likeness (QED) is 0.828. The first kappa shape index (κ1) is 16.9. The largest absolute Gasteiger partial charge is 0.310 e. The van der Waals surface area contributed by atoms with E-state index < -0.39 is 0 Å². The Hall–Kier alpha value is -0.450. The van der Waals surface area contributed by atoms with Crippen LogP contribution < -0.4 is 5.32 Å². The van der Waals surface area contributed by atoms with Gasteiger partial charge in [-0.05, 0) is 50.7 Å². The molecule has 21 heavy (non-hydrogen) atoms. The number of thiazole rings is 1. The van der Waals surface area contributed by atoms with Crippen molar-refractivity contribution in [2.45, 2.75) is 59.5 Å². The number of hydrogen-bond donors (Lipinski definition) is 1. The summed E-state index contributed by atoms with van der Waals surface area (Å²) in [6.45, 7) is 12.3. The average molecular weight is 310 g/mol. The van der Waals surface area contributed by atoms with E-state index in [2.05, 4.69) is 36.4 Å². The van der Waals surface area contributed by atoms with E-state index in [4.69, 9.17) is 4.98 Å². The van der Waals surface area contributed by atoms with E-state index in [1.54, 1.807) is 11.3 Å². The minimum Gasteiger partial charge on any atom is -0.310 e. The molecule has 1 fully saturated rings. The van der Waals surface area contributed by atoms with Gasteiger partial charge in [-0.2, -0.15) is 0 Å². The van der Waals surface area contributed by atoms with Crippen molar-refractivity contribution in [2.75, 3.05) is 19.6 Å². The van der Waals surface area contributed by atoms with Crippen LogP contribution in [0.25, 0.3) is 0 Å². The van der Waals surface area contributed by atoms with Gasteiger partial charge in [-0.1, -0.05) is 27.2 Å². The fourth-order valence-electron chi connectivity index (χ4n) is 2.99. The SMILES string of the molecule is CCC1CCCN(Cc2csc(CNCC(C)C)n2)CC1. The van der Waals surface area contributed by atoms with Crippen LogP contribution in [0.1, 0.15) is 57.2 Å². The molecule has 2 rings (SSSR count). The molecule has 1 aliphatic heterocycles. The van der Waals surface area contributed by atoms with Gasteiger partial charge in [0.25, 0.3) is 0 Å². The smallest absolute Gasteiger partial charge is 0.107 e. The first-order chi connectivity index (χ1) is 10.2. The predicted octanol–water partition coefficient (Wildman–Crippen LogP) is 3.90. The summed E-state index contributed by atoms with van der Waals surface area (Å²) in [5, 5.41) is 6.95. The van der Waals surface area contributed by atoms with Crippen LogP contribution in [0.2, 0.25) is 0 Å². The van der Waals surface area contributed by atoms with Gasteiger partial charge >= 0.3 is 0 Å². The topological polar surface area (TPSA) is 28.2 Å². The maximum Gasteiger partial charge on any atom is 0.107 e. The molecule has 1 saturated heterocycles. The van der Waals surface area contributed by atoms with Gasteiger partial charge in [0.2, 0.25) is 0 Å². The Balaban J connectivity index is 1.76. The summed E-state index contributed by atoms with van der Waals surface area (Å²) in [5.74, 6) is 1.65. The van der Waals surface area contributed by atoms with Crippen molar-refractivity contribution in [3.63, 3.8) is 0 Å². The van der Waals surface area contributed by atoms with Crippen molar-refractivity contribution < 1.29 is 0 Å². The zero-order chi connectivity index (χ0) is 15.1. The highest BCUT2D eigenvalue weighted by Crippen LogP contribution is 2.21. The van der Waals surface area contributed by atoms with Gasteiger partial charge in [-0.25, -0.2) is 4.98 Å². The van der Waals surface area contributed by atoms with Crippen molar-refractivity contribution in [1.29, 1.82) is 0 Å². The fourth-order valence-corrected chi connectivity index (χ4v) is 3.75. The molecule has 0 aliphatic carbocycles. The van der Waals surface area contributed by atoms with Crippen molar-refractivity contribution in [1.82, 2.24) is 15.2 Å². The number of likely N-dealkylation sites (tertiary alicyclic amines) is 1. The van der Waals surface area contributed by atoms with Gasteiger partial charge in [0.15, 0.2) is 0 Å². The summed E-state index contributed by atoms with van der Waals surface area (Å²) in [6, 6.07) is 0. The normalized spacial score (nSPS) is 20.9. The molecule has 120 valence electrons. The lowest BCUT2D eigenvalue weighted by molar-refractivity contribution is 0.269. The number of rotatable bonds is 7. The van der Waals surface area contributed by atoms with Crippen molar-refractivity contribution >= 4 is 11.3 Å². The molecule has 1 N–H and O–H groups in total. The third-order valence-corrected chi connectivity index (χ3v) is 5.23. The second-order valence-electron chi connectivity index (χ2n) is 6.74. The average Bonchev–Trinajstić information content (AvgIpc) is 2.76. The zero-order valence-electron chi connectivity index (χ0n) is 13.9. The van der Waals surface area contributed by atoms with Gasteiger partial charge in [-0.15, -0.1) is 11.3 Å². The Morgan fingerprint density at radius 3 is 3.00 bits per heavy atom. The van der Waals surface area contributed by atoms with Crippen LogP contribution in [0.3, 0.4) is 0 Å². The first-order valence-corrected chi connectivity index (χ1v) is 9.41. The van der Waals surface area contributed by atoms with Crippen molar-refractivity contribution in [2.24, 2.45) is 11.8 Å². The highest BCUT2D eigenvalue weighted by Gasteiger charge is 2.16. The third kappa shape index (κ3) is 6.05. The molecule has 4 heteroatoms. The molecule has 1 atom stereocenters. The van der Waals surface area contributed by atoms with Crippen molar-refractivity contribution in [3.8, 4) is 0 Å². The van der Waals surface area contributed by atoms with E-state index in [-0.39, 0.29) is 0 Å². The maximum atomic E-state index is 4.79. The Morgan fingerprint density at radius 2 is 2.24 bits per heavy atom. The van der Waals surface area contributed by atoms with Crippen LogP contribution in [0.5, 0.6) is 0 Å². The Labute approximate surface area is 134 Å². The summed E-state index contributed by atoms with van der Waals surface area (Å²) < 4.78 is 0. The monoisotopic (exact) mass is 309 g/mol. The first-order valence-electron chi connectivity index (χ1n) is 8.53. The lowest BCUT2D eigenvalue weighted by atomic mass is 9.98. The summed E-state index contributed by atoms with van der Waals surface area (Å²) in [6.07, 6.45) is 5.47. The van der Waals surface area contributed by atoms with Crippen molar-refractivity contribution in [3.05, 3.63) is 16.1 Å². The van der Waals surface area contributed by atoms with Gasteiger partial charge < -0.3 is 5.32 Å². The van der Waals surface area contributed by atoms with Gasteiger partial charge in [-0.3, -0.25) is 4.90 Å². The van der Waals surface area contributed by atoms with E-state index in [9.17, 15) is 0 Å². The minimum absolute atomic E-state index is 0.702. The molecule has 0 radical (unpaired) electrons. The molecule has 1 aliphatic rings. The summed E-state index contributed by atoms with van der Waals surface area (Å²) in [7, 11) is 0. The zero-order valence-corrected chi connectivity index (χ0v) is 14.7. The van der Waals surface area contributed by atoms with Crippen LogP contribution in [0, 0.1) is 11.8 Å². The van der Waals surface area contributed by atoms with Crippen LogP contribution in [-0.2, 0) is 13.1 Å². The molecular formula is C17H31N3S. The molecule has 0 amide bonds. The highest BCUT2D eigenvalue weighted by molar-refractivity contribution is 7.09. The molecule has 0 spiro atoms. The molecule has 1 unspecified atom stereocenters. The number of aromatic nitrogens is 1. The van der Waals surface area contributed by atoms with Gasteiger partial charge in [0.05, 0.1) is 5.69 Å². The number of hydrogen-bond acceptors (Lipinski definition) is 4. The second-order valence-corrected chi connectivity index (χ2v) is 7.68. The fraction of sp³-hybridized carbons (Fsp3) is 0.824. The summed E-state index contributed by atoms with van der Waals surface area (Å²) in [4.78, 5) is 7.38. The van der Waals surface area contributed by atoms with E-state index in [0.717, 1.165) is 25.6 Å². The van der Waals surface area contributed by atoms with E-state index in [1.165, 1.54) is 49.5 Å². The molecule has 0 bridgehead atoms. The Kier molecular flexibility index (Phi) is 7.14. The van der Waals surface area contributed by atoms with Crippen LogP contribution in [0.15, 0.2) is 5.38 Å². The summed E-state index contributed by atoms with van der Waals surface area (Å²) in [5.41, 5.74) is 1.26. The minimum atomic E-state index is 0.702. The molecule has 3 nitrogen and oxygen atoms in total. The second kappa shape index (κ2) is 8.86. The predicted molar refractivity (Wildman–Crippen MR) is 91.6 cm³/mol. The molecule has 1 aromatic rings. The molecule has 0 aromatic carbocycles. The number of nitrogens with zero attached hydrogens (tertiary/aromatic N) is 2. The molecular weight excluding hydrogens is 278 g/mol. The lowest BCUT2D eigenvalue weighted by Crippen LogP contribution is -2.24. The Morgan fingerprint density at radius 1 is 1.38 bits per heavy atom. The molecule has 1 aromatic heterocycles. The third-order valence-electron chi connectivity index (χ3n) is 4.33. The molecule has 2 heterocycles. The molecule has 0 saturated carbocycles. The number of nitrogens with one attached hydrogen (secondary N) is 1. The standard InChI is InChI=1S/C17H31N3S/c1-4-15-6-5-8-20(9-7-15)12-16-13-21-17(19-16)11-18-10-14(2)3/h13-15,18H,4-12H2,1-3H3. The highest BCUT2D eigenvalue weighted by atomic mass is 32.1. The maximum absolute atomic E-state index is 4.79. The van der Waals surface area contributed by atoms with Gasteiger partial charge in [0.1, 0.15) is 5.01 Å². The van der Waals surface area contributed by atoms with E-state index in [1.807, 2.05) is 0 Å². The Bertz CT molecular complexity index is 402. The van der Waals surface area contributed by atoms with Crippen LogP contribution in [-0.4, -0.2) is 29.5 Å². The van der Waals surface area contributed by atoms with E-state index in [0.29, 0.717) is 5.92 Å². The van der Waals surface area contributed by atoms with Gasteiger partial charge in [0, 0.05) is 18.5 Å². The van der Waals surface area contributed by atoms with Crippen LogP contribution in [0.4, 0.5) is 0 Å².